The van der Waals surface area contributed by atoms with Crippen LogP contribution in [-0.2, 0) is 17.4 Å². The van der Waals surface area contributed by atoms with Gasteiger partial charge in [0.1, 0.15) is 0 Å². The summed E-state index contributed by atoms with van der Waals surface area (Å²) in [7, 11) is 0. The Bertz CT molecular complexity index is 1710. The Morgan fingerprint density at radius 3 is 2.45 bits per heavy atom. The molecule has 9 heteroatoms. The van der Waals surface area contributed by atoms with Crippen molar-refractivity contribution in [1.82, 2.24) is 15.0 Å². The van der Waals surface area contributed by atoms with Crippen LogP contribution in [0.2, 0.25) is 0 Å². The molecule has 0 spiro atoms. The second-order valence-electron chi connectivity index (χ2n) is 9.38. The number of fused-ring (bicyclic) bond motifs is 2. The number of hydrogen-bond donors (Lipinski definition) is 3. The van der Waals surface area contributed by atoms with Crippen molar-refractivity contribution < 1.29 is 23.1 Å². The predicted octanol–water partition coefficient (Wildman–Crippen LogP) is 6.54. The van der Waals surface area contributed by atoms with Gasteiger partial charge in [-0.15, -0.1) is 0 Å². The number of alkyl halides is 3. The van der Waals surface area contributed by atoms with Gasteiger partial charge in [0, 0.05) is 28.2 Å². The van der Waals surface area contributed by atoms with Crippen LogP contribution in [0.5, 0.6) is 5.88 Å². The monoisotopic (exact) mass is 518 g/mol. The fourth-order valence-electron chi connectivity index (χ4n) is 4.84. The van der Waals surface area contributed by atoms with E-state index in [1.54, 1.807) is 25.3 Å². The molecular weight excluding hydrogens is 493 g/mol. The number of rotatable bonds is 5. The first-order chi connectivity index (χ1) is 18.0. The van der Waals surface area contributed by atoms with E-state index in [-0.39, 0.29) is 35.0 Å². The summed E-state index contributed by atoms with van der Waals surface area (Å²) in [5.41, 5.74) is 6.37. The number of halogens is 3. The standard InChI is InChI=1S/C29H25F3N4O2/c1-16-10-17(2)12-21(11-16)36-25-14-20(29(30,31)32)8-9-23(25)27(28(36)38)18(3)34-35-26(37)13-19-15-33-24-7-5-4-6-22(19)24/h4-12,14-15,33,38H,13H2,1-3H3,(H,35,37)/b34-18-. The number of nitrogens with zero attached hydrogens (tertiary/aromatic N) is 2. The lowest BCUT2D eigenvalue weighted by Crippen LogP contribution is -2.21. The Kier molecular flexibility index (Phi) is 6.22. The van der Waals surface area contributed by atoms with E-state index in [1.165, 1.54) is 10.6 Å². The molecule has 194 valence electrons. The maximum atomic E-state index is 13.6. The number of aromatic nitrogens is 2. The van der Waals surface area contributed by atoms with Crippen LogP contribution in [0.1, 0.15) is 34.7 Å². The van der Waals surface area contributed by atoms with Gasteiger partial charge in [0.15, 0.2) is 0 Å². The number of hydrogen-bond acceptors (Lipinski definition) is 3. The van der Waals surface area contributed by atoms with Gasteiger partial charge in [-0.1, -0.05) is 30.3 Å². The highest BCUT2D eigenvalue weighted by Crippen LogP contribution is 2.39. The smallest absolute Gasteiger partial charge is 0.416 e. The zero-order chi connectivity index (χ0) is 27.2. The largest absolute Gasteiger partial charge is 0.494 e. The highest BCUT2D eigenvalue weighted by Gasteiger charge is 2.32. The van der Waals surface area contributed by atoms with E-state index in [4.69, 9.17) is 0 Å². The zero-order valence-corrected chi connectivity index (χ0v) is 20.9. The number of para-hydroxylation sites is 1. The van der Waals surface area contributed by atoms with E-state index in [1.807, 2.05) is 44.2 Å². The summed E-state index contributed by atoms with van der Waals surface area (Å²) in [6.45, 7) is 5.33. The Hall–Kier alpha value is -4.53. The van der Waals surface area contributed by atoms with Crippen LogP contribution in [0.15, 0.2) is 72.0 Å². The number of carbonyl (C=O) groups is 1. The third kappa shape index (κ3) is 4.63. The highest BCUT2D eigenvalue weighted by atomic mass is 19.4. The molecule has 5 rings (SSSR count). The molecule has 0 atom stereocenters. The number of amides is 1. The Morgan fingerprint density at radius 2 is 1.74 bits per heavy atom. The fourth-order valence-corrected chi connectivity index (χ4v) is 4.84. The molecule has 0 saturated heterocycles. The van der Waals surface area contributed by atoms with Gasteiger partial charge in [0.25, 0.3) is 0 Å². The van der Waals surface area contributed by atoms with Crippen LogP contribution in [0, 0.1) is 13.8 Å². The van der Waals surface area contributed by atoms with Crippen LogP contribution in [-0.4, -0.2) is 26.3 Å². The molecule has 0 aliphatic heterocycles. The van der Waals surface area contributed by atoms with Crippen molar-refractivity contribution in [2.24, 2.45) is 5.10 Å². The van der Waals surface area contributed by atoms with Crippen molar-refractivity contribution in [3.63, 3.8) is 0 Å². The van der Waals surface area contributed by atoms with E-state index in [9.17, 15) is 23.1 Å². The number of aromatic hydroxyl groups is 1. The zero-order valence-electron chi connectivity index (χ0n) is 20.9. The van der Waals surface area contributed by atoms with Gasteiger partial charge in [-0.3, -0.25) is 9.36 Å². The van der Waals surface area contributed by atoms with Gasteiger partial charge in [0.2, 0.25) is 11.8 Å². The molecule has 0 saturated carbocycles. The minimum absolute atomic E-state index is 0.0754. The maximum absolute atomic E-state index is 13.6. The van der Waals surface area contributed by atoms with Crippen LogP contribution in [0.25, 0.3) is 27.5 Å². The quantitative estimate of drug-likeness (QED) is 0.183. The lowest BCUT2D eigenvalue weighted by Gasteiger charge is -2.11. The normalized spacial score (nSPS) is 12.4. The average Bonchev–Trinajstić information content (AvgIpc) is 3.38. The molecule has 1 amide bonds. The fraction of sp³-hybridized carbons (Fsp3) is 0.172. The lowest BCUT2D eigenvalue weighted by molar-refractivity contribution is -0.137. The first kappa shape index (κ1) is 25.1. The van der Waals surface area contributed by atoms with Gasteiger partial charge >= 0.3 is 6.18 Å². The molecule has 0 radical (unpaired) electrons. The molecule has 38 heavy (non-hydrogen) atoms. The van der Waals surface area contributed by atoms with E-state index in [0.29, 0.717) is 11.1 Å². The van der Waals surface area contributed by atoms with Crippen LogP contribution in [0.4, 0.5) is 13.2 Å². The summed E-state index contributed by atoms with van der Waals surface area (Å²) in [6.07, 6.45) is -2.71. The molecule has 3 aromatic carbocycles. The number of benzene rings is 3. The summed E-state index contributed by atoms with van der Waals surface area (Å²) >= 11 is 0. The van der Waals surface area contributed by atoms with Crippen molar-refractivity contribution in [3.8, 4) is 11.6 Å². The minimum atomic E-state index is -4.55. The molecule has 6 nitrogen and oxygen atoms in total. The second kappa shape index (κ2) is 9.41. The van der Waals surface area contributed by atoms with Crippen molar-refractivity contribution in [2.75, 3.05) is 0 Å². The van der Waals surface area contributed by atoms with Gasteiger partial charge in [-0.05, 0) is 67.8 Å². The van der Waals surface area contributed by atoms with E-state index in [2.05, 4.69) is 15.5 Å². The van der Waals surface area contributed by atoms with Crippen molar-refractivity contribution in [1.29, 1.82) is 0 Å². The molecule has 5 aromatic rings. The summed E-state index contributed by atoms with van der Waals surface area (Å²) in [6, 6.07) is 16.4. The van der Waals surface area contributed by atoms with E-state index in [0.717, 1.165) is 39.7 Å². The highest BCUT2D eigenvalue weighted by molar-refractivity contribution is 6.13. The van der Waals surface area contributed by atoms with Gasteiger partial charge in [-0.25, -0.2) is 5.43 Å². The number of carbonyl (C=O) groups excluding carboxylic acids is 1. The number of H-pyrrole nitrogens is 1. The summed E-state index contributed by atoms with van der Waals surface area (Å²) in [5.74, 6) is -0.637. The topological polar surface area (TPSA) is 82.4 Å². The van der Waals surface area contributed by atoms with Crippen LogP contribution >= 0.6 is 0 Å². The van der Waals surface area contributed by atoms with E-state index >= 15 is 0 Å². The number of aromatic amines is 1. The third-order valence-electron chi connectivity index (χ3n) is 6.47. The van der Waals surface area contributed by atoms with Gasteiger partial charge in [-0.2, -0.15) is 18.3 Å². The molecule has 2 heterocycles. The van der Waals surface area contributed by atoms with E-state index < -0.39 is 11.7 Å². The van der Waals surface area contributed by atoms with Crippen LogP contribution in [0.3, 0.4) is 0 Å². The summed E-state index contributed by atoms with van der Waals surface area (Å²) in [5, 5.41) is 16.8. The minimum Gasteiger partial charge on any atom is -0.494 e. The van der Waals surface area contributed by atoms with Gasteiger partial charge < -0.3 is 10.1 Å². The molecule has 0 bridgehead atoms. The van der Waals surface area contributed by atoms with Crippen molar-refractivity contribution >= 4 is 33.4 Å². The molecule has 0 fully saturated rings. The van der Waals surface area contributed by atoms with Crippen LogP contribution < -0.4 is 5.43 Å². The first-order valence-corrected chi connectivity index (χ1v) is 11.9. The van der Waals surface area contributed by atoms with Gasteiger partial charge in [0.05, 0.1) is 28.8 Å². The number of nitrogens with one attached hydrogen (secondary N) is 2. The van der Waals surface area contributed by atoms with Crippen molar-refractivity contribution in [2.45, 2.75) is 33.4 Å². The SMILES string of the molecule is C/C(=N/NC(=O)Cc1c[nH]c2ccccc12)c1c(O)n(-c2cc(C)cc(C)c2)c2cc(C(F)(F)F)ccc12. The molecule has 3 N–H and O–H groups in total. The average molecular weight is 519 g/mol. The number of aryl methyl sites for hydroxylation is 2. The predicted molar refractivity (Wildman–Crippen MR) is 142 cm³/mol. The Labute approximate surface area is 216 Å². The Balaban J connectivity index is 1.54. The molecular formula is C29H25F3N4O2. The third-order valence-corrected chi connectivity index (χ3v) is 6.47. The second-order valence-corrected chi connectivity index (χ2v) is 9.38. The molecule has 0 aliphatic carbocycles. The van der Waals surface area contributed by atoms with Crippen molar-refractivity contribution in [3.05, 3.63) is 94.7 Å². The molecule has 0 aliphatic rings. The Morgan fingerprint density at radius 1 is 1.03 bits per heavy atom. The maximum Gasteiger partial charge on any atom is 0.416 e. The summed E-state index contributed by atoms with van der Waals surface area (Å²) in [4.78, 5) is 15.8. The molecule has 0 unspecified atom stereocenters. The number of hydrazone groups is 1. The summed E-state index contributed by atoms with van der Waals surface area (Å²) < 4.78 is 42.1. The molecule has 2 aromatic heterocycles. The first-order valence-electron chi connectivity index (χ1n) is 11.9. The lowest BCUT2D eigenvalue weighted by atomic mass is 10.1.